The fraction of sp³-hybridized carbons (Fsp3) is 0.647. The monoisotopic (exact) mass is 311 g/mol. The first-order chi connectivity index (χ1) is 10.1. The Hall–Kier alpha value is -0.550. The highest BCUT2D eigenvalue weighted by Crippen LogP contribution is 2.20. The minimum atomic E-state index is -0.620. The second-order valence-electron chi connectivity index (χ2n) is 5.82. The fourth-order valence-corrected chi connectivity index (χ4v) is 3.31. The van der Waals surface area contributed by atoms with Gasteiger partial charge in [-0.05, 0) is 30.0 Å². The Balaban J connectivity index is 2.58. The zero-order valence-corrected chi connectivity index (χ0v) is 14.2. The molecule has 1 aromatic carbocycles. The molecule has 1 aromatic rings. The van der Waals surface area contributed by atoms with Crippen LogP contribution in [0.2, 0.25) is 0 Å². The van der Waals surface area contributed by atoms with Crippen molar-refractivity contribution in [3.8, 4) is 0 Å². The molecule has 3 nitrogen and oxygen atoms in total. The SMILES string of the molecule is CCNC(CSCC(O)CO)c1ccc(CC(C)C)cc1. The van der Waals surface area contributed by atoms with Crippen molar-refractivity contribution in [1.29, 1.82) is 0 Å². The molecule has 0 saturated heterocycles. The molecule has 0 aliphatic rings. The van der Waals surface area contributed by atoms with Crippen molar-refractivity contribution in [3.05, 3.63) is 35.4 Å². The summed E-state index contributed by atoms with van der Waals surface area (Å²) >= 11 is 1.67. The van der Waals surface area contributed by atoms with Gasteiger partial charge in [0.15, 0.2) is 0 Å². The van der Waals surface area contributed by atoms with E-state index in [0.29, 0.717) is 17.7 Å². The number of aliphatic hydroxyl groups is 2. The zero-order chi connectivity index (χ0) is 15.7. The molecule has 0 heterocycles. The van der Waals surface area contributed by atoms with E-state index in [9.17, 15) is 5.11 Å². The summed E-state index contributed by atoms with van der Waals surface area (Å²) in [5.74, 6) is 2.15. The molecule has 0 spiro atoms. The summed E-state index contributed by atoms with van der Waals surface area (Å²) in [5, 5.41) is 21.7. The molecule has 0 aromatic heterocycles. The number of hydrogen-bond donors (Lipinski definition) is 3. The highest BCUT2D eigenvalue weighted by atomic mass is 32.2. The molecule has 120 valence electrons. The minimum absolute atomic E-state index is 0.164. The Kier molecular flexibility index (Phi) is 9.00. The Morgan fingerprint density at radius 1 is 1.14 bits per heavy atom. The van der Waals surface area contributed by atoms with Crippen molar-refractivity contribution in [2.75, 3.05) is 24.7 Å². The van der Waals surface area contributed by atoms with Crippen LogP contribution in [0.25, 0.3) is 0 Å². The molecule has 0 amide bonds. The van der Waals surface area contributed by atoms with E-state index >= 15 is 0 Å². The third-order valence-corrected chi connectivity index (χ3v) is 4.47. The normalized spacial score (nSPS) is 14.4. The van der Waals surface area contributed by atoms with Gasteiger partial charge in [0.25, 0.3) is 0 Å². The predicted molar refractivity (Wildman–Crippen MR) is 91.8 cm³/mol. The van der Waals surface area contributed by atoms with E-state index in [0.717, 1.165) is 18.7 Å². The highest BCUT2D eigenvalue weighted by Gasteiger charge is 2.12. The number of rotatable bonds is 10. The first-order valence-corrected chi connectivity index (χ1v) is 8.91. The van der Waals surface area contributed by atoms with Crippen molar-refractivity contribution in [1.82, 2.24) is 5.32 Å². The summed E-state index contributed by atoms with van der Waals surface area (Å²) in [6, 6.07) is 9.13. The van der Waals surface area contributed by atoms with Crippen LogP contribution in [-0.4, -0.2) is 41.0 Å². The van der Waals surface area contributed by atoms with Gasteiger partial charge in [-0.3, -0.25) is 0 Å². The summed E-state index contributed by atoms with van der Waals surface area (Å²) < 4.78 is 0. The molecule has 2 unspecified atom stereocenters. The molecule has 0 aliphatic carbocycles. The van der Waals surface area contributed by atoms with Gasteiger partial charge in [-0.2, -0.15) is 11.8 Å². The van der Waals surface area contributed by atoms with E-state index in [1.807, 2.05) is 0 Å². The van der Waals surface area contributed by atoms with Crippen LogP contribution in [0.5, 0.6) is 0 Å². The standard InChI is InChI=1S/C17H29NO2S/c1-4-18-17(12-21-11-16(20)10-19)15-7-5-14(6-8-15)9-13(2)3/h5-8,13,16-20H,4,9-12H2,1-3H3. The number of hydrogen-bond acceptors (Lipinski definition) is 4. The molecule has 1 rings (SSSR count). The van der Waals surface area contributed by atoms with Crippen LogP contribution >= 0.6 is 11.8 Å². The third-order valence-electron chi connectivity index (χ3n) is 3.28. The maximum atomic E-state index is 9.40. The molecule has 0 fully saturated rings. The second-order valence-corrected chi connectivity index (χ2v) is 6.90. The first kappa shape index (κ1) is 18.5. The third kappa shape index (κ3) is 7.32. The van der Waals surface area contributed by atoms with Gasteiger partial charge < -0.3 is 15.5 Å². The topological polar surface area (TPSA) is 52.5 Å². The largest absolute Gasteiger partial charge is 0.394 e. The van der Waals surface area contributed by atoms with Crippen LogP contribution in [-0.2, 0) is 6.42 Å². The van der Waals surface area contributed by atoms with Gasteiger partial charge in [0.1, 0.15) is 0 Å². The number of benzene rings is 1. The quantitative estimate of drug-likeness (QED) is 0.622. The Labute approximate surface area is 133 Å². The van der Waals surface area contributed by atoms with Crippen molar-refractivity contribution < 1.29 is 10.2 Å². The number of thioether (sulfide) groups is 1. The van der Waals surface area contributed by atoms with Crippen molar-refractivity contribution in [2.45, 2.75) is 39.3 Å². The van der Waals surface area contributed by atoms with Crippen LogP contribution in [0.15, 0.2) is 24.3 Å². The van der Waals surface area contributed by atoms with Gasteiger partial charge in [0, 0.05) is 17.5 Å². The molecule has 0 radical (unpaired) electrons. The average Bonchev–Trinajstić information content (AvgIpc) is 2.46. The van der Waals surface area contributed by atoms with E-state index in [-0.39, 0.29) is 6.61 Å². The fourth-order valence-electron chi connectivity index (χ4n) is 2.25. The molecule has 0 aliphatic heterocycles. The smallest absolute Gasteiger partial charge is 0.0861 e. The van der Waals surface area contributed by atoms with Crippen LogP contribution in [0, 0.1) is 5.92 Å². The molecule has 21 heavy (non-hydrogen) atoms. The molecular weight excluding hydrogens is 282 g/mol. The van der Waals surface area contributed by atoms with Crippen molar-refractivity contribution in [2.24, 2.45) is 5.92 Å². The molecule has 3 N–H and O–H groups in total. The minimum Gasteiger partial charge on any atom is -0.394 e. The zero-order valence-electron chi connectivity index (χ0n) is 13.4. The molecule has 2 atom stereocenters. The van der Waals surface area contributed by atoms with Gasteiger partial charge in [-0.25, -0.2) is 0 Å². The lowest BCUT2D eigenvalue weighted by molar-refractivity contribution is 0.113. The Morgan fingerprint density at radius 3 is 2.33 bits per heavy atom. The number of nitrogens with one attached hydrogen (secondary N) is 1. The summed E-state index contributed by atoms with van der Waals surface area (Å²) in [6.07, 6.45) is 0.495. The maximum absolute atomic E-state index is 9.40. The lowest BCUT2D eigenvalue weighted by Gasteiger charge is -2.19. The van der Waals surface area contributed by atoms with Gasteiger partial charge in [-0.15, -0.1) is 0 Å². The molecule has 0 saturated carbocycles. The van der Waals surface area contributed by atoms with Gasteiger partial charge in [0.2, 0.25) is 0 Å². The van der Waals surface area contributed by atoms with Crippen LogP contribution in [0.3, 0.4) is 0 Å². The summed E-state index contributed by atoms with van der Waals surface area (Å²) in [4.78, 5) is 0. The van der Waals surface area contributed by atoms with E-state index in [4.69, 9.17) is 5.11 Å². The van der Waals surface area contributed by atoms with Crippen molar-refractivity contribution >= 4 is 11.8 Å². The van der Waals surface area contributed by atoms with E-state index in [1.54, 1.807) is 11.8 Å². The number of aliphatic hydroxyl groups excluding tert-OH is 2. The van der Waals surface area contributed by atoms with Crippen LogP contribution in [0.4, 0.5) is 0 Å². The Morgan fingerprint density at radius 2 is 1.81 bits per heavy atom. The van der Waals surface area contributed by atoms with Crippen molar-refractivity contribution in [3.63, 3.8) is 0 Å². The molecular formula is C17H29NO2S. The van der Waals surface area contributed by atoms with Crippen LogP contribution in [0.1, 0.15) is 37.9 Å². The summed E-state index contributed by atoms with van der Waals surface area (Å²) in [5.41, 5.74) is 2.67. The lowest BCUT2D eigenvalue weighted by atomic mass is 10.00. The predicted octanol–water partition coefficient (Wildman–Crippen LogP) is 2.62. The highest BCUT2D eigenvalue weighted by molar-refractivity contribution is 7.99. The summed E-state index contributed by atoms with van der Waals surface area (Å²) in [6.45, 7) is 7.33. The second kappa shape index (κ2) is 10.2. The van der Waals surface area contributed by atoms with E-state index < -0.39 is 6.10 Å². The first-order valence-electron chi connectivity index (χ1n) is 7.75. The average molecular weight is 311 g/mol. The van der Waals surface area contributed by atoms with Gasteiger partial charge in [0.05, 0.1) is 12.7 Å². The molecule has 0 bridgehead atoms. The van der Waals surface area contributed by atoms with Crippen LogP contribution < -0.4 is 5.32 Å². The maximum Gasteiger partial charge on any atom is 0.0861 e. The van der Waals surface area contributed by atoms with Gasteiger partial charge in [-0.1, -0.05) is 45.0 Å². The summed E-state index contributed by atoms with van der Waals surface area (Å²) in [7, 11) is 0. The van der Waals surface area contributed by atoms with E-state index in [2.05, 4.69) is 50.4 Å². The lowest BCUT2D eigenvalue weighted by Crippen LogP contribution is -2.24. The molecule has 4 heteroatoms. The van der Waals surface area contributed by atoms with Gasteiger partial charge >= 0.3 is 0 Å². The Bertz CT molecular complexity index is 381. The van der Waals surface area contributed by atoms with E-state index in [1.165, 1.54) is 11.1 Å².